The molecule has 0 aromatic carbocycles. The van der Waals surface area contributed by atoms with Gasteiger partial charge in [0, 0.05) is 37.0 Å². The van der Waals surface area contributed by atoms with Gasteiger partial charge in [0.15, 0.2) is 5.13 Å². The van der Waals surface area contributed by atoms with Gasteiger partial charge in [0.1, 0.15) is 11.5 Å². The van der Waals surface area contributed by atoms with Crippen LogP contribution in [0.1, 0.15) is 36.5 Å². The third-order valence-electron chi connectivity index (χ3n) is 4.79. The van der Waals surface area contributed by atoms with E-state index in [1.54, 1.807) is 6.08 Å². The monoisotopic (exact) mass is 373 g/mol. The number of nitrogens with zero attached hydrogens (tertiary/aromatic N) is 2. The first kappa shape index (κ1) is 17.5. The zero-order chi connectivity index (χ0) is 17.9. The van der Waals surface area contributed by atoms with E-state index in [-0.39, 0.29) is 5.91 Å². The van der Waals surface area contributed by atoms with Crippen LogP contribution in [-0.4, -0.2) is 42.1 Å². The number of carbonyl (C=O) groups is 1. The molecule has 2 atom stereocenters. The summed E-state index contributed by atoms with van der Waals surface area (Å²) in [5, 5.41) is 5.43. The topological polar surface area (TPSA) is 67.6 Å². The summed E-state index contributed by atoms with van der Waals surface area (Å²) in [6, 6.07) is 3.92. The molecule has 1 N–H and O–H groups in total. The summed E-state index contributed by atoms with van der Waals surface area (Å²) in [5.74, 6) is 2.78. The van der Waals surface area contributed by atoms with Crippen LogP contribution in [0.25, 0.3) is 6.08 Å². The van der Waals surface area contributed by atoms with Crippen molar-refractivity contribution in [3.05, 3.63) is 40.8 Å². The summed E-state index contributed by atoms with van der Waals surface area (Å²) in [5.41, 5.74) is 0.977. The summed E-state index contributed by atoms with van der Waals surface area (Å²) < 4.78 is 11.1. The molecule has 3 heterocycles. The molecule has 1 aliphatic heterocycles. The second-order valence-electron chi connectivity index (χ2n) is 6.91. The predicted molar refractivity (Wildman–Crippen MR) is 101 cm³/mol. The summed E-state index contributed by atoms with van der Waals surface area (Å²) >= 11 is 1.45. The number of rotatable bonds is 6. The van der Waals surface area contributed by atoms with Crippen LogP contribution in [0.15, 0.2) is 28.0 Å². The normalized spacial score (nSPS) is 23.4. The number of amides is 1. The van der Waals surface area contributed by atoms with Crippen molar-refractivity contribution in [2.45, 2.75) is 25.8 Å². The molecule has 7 heteroatoms. The number of nitrogens with one attached hydrogen (secondary N) is 1. The van der Waals surface area contributed by atoms with Crippen molar-refractivity contribution in [1.82, 2.24) is 9.88 Å². The van der Waals surface area contributed by atoms with E-state index >= 15 is 0 Å². The number of hydrogen-bond acceptors (Lipinski definition) is 6. The van der Waals surface area contributed by atoms with Gasteiger partial charge >= 0.3 is 0 Å². The lowest BCUT2D eigenvalue weighted by Crippen LogP contribution is -2.35. The first-order chi connectivity index (χ1) is 12.7. The van der Waals surface area contributed by atoms with Crippen LogP contribution in [0, 0.1) is 5.92 Å². The minimum absolute atomic E-state index is 0.199. The Morgan fingerprint density at radius 3 is 3.00 bits per heavy atom. The van der Waals surface area contributed by atoms with E-state index in [1.165, 1.54) is 23.8 Å². The van der Waals surface area contributed by atoms with Gasteiger partial charge in [-0.25, -0.2) is 4.98 Å². The van der Waals surface area contributed by atoms with E-state index < -0.39 is 0 Å². The zero-order valence-electron chi connectivity index (χ0n) is 14.8. The van der Waals surface area contributed by atoms with Crippen LogP contribution in [-0.2, 0) is 16.1 Å². The standard InChI is InChI=1S/C19H23N3O3S/c1-13-10-16(13)17-4-2-15(25-17)3-5-18(23)21-19-20-14(12-26-19)11-22-6-8-24-9-7-22/h2-5,12-13,16H,6-11H2,1H3,(H,20,21,23)/b5-3+/t13-,16+/m1/s1. The number of furan rings is 1. The van der Waals surface area contributed by atoms with Crippen LogP contribution >= 0.6 is 11.3 Å². The van der Waals surface area contributed by atoms with E-state index in [4.69, 9.17) is 9.15 Å². The van der Waals surface area contributed by atoms with Crippen molar-refractivity contribution in [2.75, 3.05) is 31.6 Å². The lowest BCUT2D eigenvalue weighted by atomic mass is 10.3. The van der Waals surface area contributed by atoms with E-state index in [0.29, 0.717) is 22.7 Å². The first-order valence-corrected chi connectivity index (χ1v) is 9.88. The van der Waals surface area contributed by atoms with Crippen LogP contribution in [0.3, 0.4) is 0 Å². The number of aromatic nitrogens is 1. The summed E-state index contributed by atoms with van der Waals surface area (Å²) in [6.45, 7) is 6.40. The van der Waals surface area contributed by atoms with Gasteiger partial charge in [-0.3, -0.25) is 15.0 Å². The highest BCUT2D eigenvalue weighted by molar-refractivity contribution is 7.13. The molecule has 1 aliphatic carbocycles. The Hall–Kier alpha value is -1.96. The number of carbonyl (C=O) groups excluding carboxylic acids is 1. The average molecular weight is 373 g/mol. The van der Waals surface area contributed by atoms with Crippen molar-refractivity contribution >= 4 is 28.5 Å². The molecule has 138 valence electrons. The third-order valence-corrected chi connectivity index (χ3v) is 5.60. The summed E-state index contributed by atoms with van der Waals surface area (Å²) in [4.78, 5) is 18.9. The molecule has 2 fully saturated rings. The number of anilines is 1. The SMILES string of the molecule is C[C@@H]1C[C@@H]1c1ccc(/C=C/C(=O)Nc2nc(CN3CCOCC3)cs2)o1. The molecular formula is C19H23N3O3S. The molecule has 26 heavy (non-hydrogen) atoms. The number of hydrogen-bond donors (Lipinski definition) is 1. The number of morpholine rings is 1. The summed E-state index contributed by atoms with van der Waals surface area (Å²) in [6.07, 6.45) is 4.38. The van der Waals surface area contributed by atoms with Crippen LogP contribution in [0.4, 0.5) is 5.13 Å². The molecule has 0 radical (unpaired) electrons. The Kier molecular flexibility index (Phi) is 5.19. The Balaban J connectivity index is 1.28. The van der Waals surface area contributed by atoms with Crippen LogP contribution < -0.4 is 5.32 Å². The molecule has 0 spiro atoms. The van der Waals surface area contributed by atoms with Gasteiger partial charge < -0.3 is 9.15 Å². The van der Waals surface area contributed by atoms with Crippen molar-refractivity contribution in [1.29, 1.82) is 0 Å². The lowest BCUT2D eigenvalue weighted by Gasteiger charge is -2.25. The van der Waals surface area contributed by atoms with Gasteiger partial charge in [0.25, 0.3) is 0 Å². The highest BCUT2D eigenvalue weighted by Crippen LogP contribution is 2.47. The molecule has 1 amide bonds. The molecule has 1 saturated carbocycles. The Bertz CT molecular complexity index is 792. The second kappa shape index (κ2) is 7.73. The van der Waals surface area contributed by atoms with Crippen molar-refractivity contribution in [3.63, 3.8) is 0 Å². The summed E-state index contributed by atoms with van der Waals surface area (Å²) in [7, 11) is 0. The number of ether oxygens (including phenoxy) is 1. The molecule has 6 nitrogen and oxygen atoms in total. The molecule has 2 aromatic rings. The van der Waals surface area contributed by atoms with Crippen LogP contribution in [0.5, 0.6) is 0 Å². The molecule has 4 rings (SSSR count). The Labute approximate surface area is 156 Å². The van der Waals surface area contributed by atoms with Gasteiger partial charge in [-0.15, -0.1) is 11.3 Å². The number of thiazole rings is 1. The first-order valence-electron chi connectivity index (χ1n) is 9.00. The van der Waals surface area contributed by atoms with Gasteiger partial charge in [-0.2, -0.15) is 0 Å². The molecule has 2 aromatic heterocycles. The maximum atomic E-state index is 12.1. The molecule has 2 aliphatic rings. The third kappa shape index (κ3) is 4.41. The molecule has 0 unspecified atom stereocenters. The van der Waals surface area contributed by atoms with Crippen molar-refractivity contribution in [2.24, 2.45) is 5.92 Å². The minimum Gasteiger partial charge on any atom is -0.461 e. The van der Waals surface area contributed by atoms with Gasteiger partial charge in [-0.05, 0) is 30.5 Å². The molecule has 1 saturated heterocycles. The fourth-order valence-electron chi connectivity index (χ4n) is 3.11. The molecule has 0 bridgehead atoms. The lowest BCUT2D eigenvalue weighted by molar-refractivity contribution is -0.111. The smallest absolute Gasteiger partial charge is 0.250 e. The average Bonchev–Trinajstić information content (AvgIpc) is 3.02. The quantitative estimate of drug-likeness (QED) is 0.787. The maximum Gasteiger partial charge on any atom is 0.250 e. The van der Waals surface area contributed by atoms with E-state index in [0.717, 1.165) is 44.3 Å². The van der Waals surface area contributed by atoms with E-state index in [1.807, 2.05) is 17.5 Å². The second-order valence-corrected chi connectivity index (χ2v) is 7.77. The maximum absolute atomic E-state index is 12.1. The largest absolute Gasteiger partial charge is 0.461 e. The van der Waals surface area contributed by atoms with E-state index in [9.17, 15) is 4.79 Å². The fourth-order valence-corrected chi connectivity index (χ4v) is 3.81. The van der Waals surface area contributed by atoms with Crippen molar-refractivity contribution < 1.29 is 13.9 Å². The Morgan fingerprint density at radius 1 is 1.42 bits per heavy atom. The predicted octanol–water partition coefficient (Wildman–Crippen LogP) is 3.34. The van der Waals surface area contributed by atoms with E-state index in [2.05, 4.69) is 22.1 Å². The fraction of sp³-hybridized carbons (Fsp3) is 0.474. The minimum atomic E-state index is -0.199. The van der Waals surface area contributed by atoms with Crippen LogP contribution in [0.2, 0.25) is 0 Å². The molecular weight excluding hydrogens is 350 g/mol. The van der Waals surface area contributed by atoms with Gasteiger partial charge in [0.2, 0.25) is 5.91 Å². The zero-order valence-corrected chi connectivity index (χ0v) is 15.6. The highest BCUT2D eigenvalue weighted by Gasteiger charge is 2.36. The van der Waals surface area contributed by atoms with Crippen molar-refractivity contribution in [3.8, 4) is 0 Å². The Morgan fingerprint density at radius 2 is 2.23 bits per heavy atom. The van der Waals surface area contributed by atoms with Gasteiger partial charge in [0.05, 0.1) is 18.9 Å². The highest BCUT2D eigenvalue weighted by atomic mass is 32.1. The van der Waals surface area contributed by atoms with Gasteiger partial charge in [-0.1, -0.05) is 6.92 Å².